The molecule has 1 aromatic carbocycles. The van der Waals surface area contributed by atoms with Crippen molar-refractivity contribution < 1.29 is 0 Å². The Bertz CT molecular complexity index is 718. The van der Waals surface area contributed by atoms with Gasteiger partial charge in [0.2, 0.25) is 0 Å². The third-order valence-electron chi connectivity index (χ3n) is 3.25. The molecule has 2 aromatic heterocycles. The minimum atomic E-state index is 0.797. The Balaban J connectivity index is 1.72. The molecule has 3 rings (SSSR count). The second kappa shape index (κ2) is 6.56. The molecule has 3 nitrogen and oxygen atoms in total. The highest BCUT2D eigenvalue weighted by Gasteiger charge is 2.08. The standard InChI is InChI=1S/C16H16BrN3S/c1-12-19-9-15(20(12)14-5-3-2-4-6-14)8-18-10-16-7-13(17)11-21-16/h2-7,9,11,18H,8,10H2,1H3. The van der Waals surface area contributed by atoms with Crippen molar-refractivity contribution >= 4 is 27.3 Å². The first kappa shape index (κ1) is 14.5. The molecule has 0 atom stereocenters. The molecule has 0 unspecified atom stereocenters. The number of hydrogen-bond donors (Lipinski definition) is 1. The van der Waals surface area contributed by atoms with Crippen molar-refractivity contribution in [2.24, 2.45) is 0 Å². The van der Waals surface area contributed by atoms with Crippen LogP contribution in [0.3, 0.4) is 0 Å². The average molecular weight is 362 g/mol. The summed E-state index contributed by atoms with van der Waals surface area (Å²) in [7, 11) is 0. The highest BCUT2D eigenvalue weighted by Crippen LogP contribution is 2.20. The number of hydrogen-bond acceptors (Lipinski definition) is 3. The molecular weight excluding hydrogens is 346 g/mol. The Morgan fingerprint density at radius 1 is 1.24 bits per heavy atom. The van der Waals surface area contributed by atoms with E-state index in [1.54, 1.807) is 11.3 Å². The lowest BCUT2D eigenvalue weighted by Gasteiger charge is -2.10. The quantitative estimate of drug-likeness (QED) is 0.734. The van der Waals surface area contributed by atoms with Gasteiger partial charge in [0, 0.05) is 33.5 Å². The van der Waals surface area contributed by atoms with Crippen molar-refractivity contribution in [2.45, 2.75) is 20.0 Å². The van der Waals surface area contributed by atoms with Gasteiger partial charge < -0.3 is 5.32 Å². The molecule has 0 radical (unpaired) electrons. The molecule has 2 heterocycles. The summed E-state index contributed by atoms with van der Waals surface area (Å²) in [6, 6.07) is 12.5. The fourth-order valence-corrected chi connectivity index (χ4v) is 3.73. The van der Waals surface area contributed by atoms with Gasteiger partial charge in [0.1, 0.15) is 5.82 Å². The second-order valence-electron chi connectivity index (χ2n) is 4.80. The lowest BCUT2D eigenvalue weighted by atomic mass is 10.3. The fourth-order valence-electron chi connectivity index (χ4n) is 2.31. The van der Waals surface area contributed by atoms with Crippen LogP contribution in [0.5, 0.6) is 0 Å². The molecule has 0 saturated heterocycles. The van der Waals surface area contributed by atoms with Crippen molar-refractivity contribution in [1.82, 2.24) is 14.9 Å². The second-order valence-corrected chi connectivity index (χ2v) is 6.71. The normalized spacial score (nSPS) is 11.0. The Kier molecular flexibility index (Phi) is 4.53. The minimum absolute atomic E-state index is 0.797. The number of para-hydroxylation sites is 1. The zero-order valence-corrected chi connectivity index (χ0v) is 14.1. The number of nitrogens with one attached hydrogen (secondary N) is 1. The van der Waals surface area contributed by atoms with Crippen LogP contribution in [0.4, 0.5) is 0 Å². The van der Waals surface area contributed by atoms with Crippen LogP contribution in [0.25, 0.3) is 5.69 Å². The Labute approximate surface area is 136 Å². The van der Waals surface area contributed by atoms with Crippen LogP contribution in [0.1, 0.15) is 16.4 Å². The number of imidazole rings is 1. The van der Waals surface area contributed by atoms with E-state index in [0.29, 0.717) is 0 Å². The number of halogens is 1. The smallest absolute Gasteiger partial charge is 0.110 e. The molecule has 0 aliphatic rings. The monoisotopic (exact) mass is 361 g/mol. The molecule has 0 saturated carbocycles. The summed E-state index contributed by atoms with van der Waals surface area (Å²) in [5.41, 5.74) is 2.33. The number of aromatic nitrogens is 2. The summed E-state index contributed by atoms with van der Waals surface area (Å²) in [6.45, 7) is 3.70. The summed E-state index contributed by atoms with van der Waals surface area (Å²) >= 11 is 5.24. The fraction of sp³-hybridized carbons (Fsp3) is 0.188. The van der Waals surface area contributed by atoms with E-state index in [2.05, 4.69) is 66.5 Å². The van der Waals surface area contributed by atoms with Crippen molar-refractivity contribution in [1.29, 1.82) is 0 Å². The molecule has 1 N–H and O–H groups in total. The molecule has 21 heavy (non-hydrogen) atoms. The summed E-state index contributed by atoms with van der Waals surface area (Å²) in [4.78, 5) is 5.76. The number of thiophene rings is 1. The summed E-state index contributed by atoms with van der Waals surface area (Å²) in [5.74, 6) is 1.01. The van der Waals surface area contributed by atoms with Crippen molar-refractivity contribution in [3.05, 3.63) is 68.8 Å². The van der Waals surface area contributed by atoms with Crippen LogP contribution in [0.2, 0.25) is 0 Å². The van der Waals surface area contributed by atoms with E-state index in [4.69, 9.17) is 0 Å². The zero-order chi connectivity index (χ0) is 14.7. The van der Waals surface area contributed by atoms with Crippen LogP contribution in [-0.2, 0) is 13.1 Å². The van der Waals surface area contributed by atoms with E-state index in [1.165, 1.54) is 10.6 Å². The van der Waals surface area contributed by atoms with Crippen molar-refractivity contribution in [2.75, 3.05) is 0 Å². The molecule has 0 aliphatic carbocycles. The van der Waals surface area contributed by atoms with E-state index < -0.39 is 0 Å². The highest BCUT2D eigenvalue weighted by molar-refractivity contribution is 9.10. The van der Waals surface area contributed by atoms with E-state index in [-0.39, 0.29) is 0 Å². The zero-order valence-electron chi connectivity index (χ0n) is 11.7. The third kappa shape index (κ3) is 3.43. The van der Waals surface area contributed by atoms with Gasteiger partial charge in [0.15, 0.2) is 0 Å². The van der Waals surface area contributed by atoms with E-state index in [1.807, 2.05) is 19.2 Å². The van der Waals surface area contributed by atoms with E-state index in [0.717, 1.165) is 29.1 Å². The maximum atomic E-state index is 4.44. The molecule has 108 valence electrons. The third-order valence-corrected chi connectivity index (χ3v) is 4.95. The van der Waals surface area contributed by atoms with Crippen molar-refractivity contribution in [3.8, 4) is 5.69 Å². The SMILES string of the molecule is Cc1ncc(CNCc2cc(Br)cs2)n1-c1ccccc1. The molecule has 0 bridgehead atoms. The van der Waals surface area contributed by atoms with Gasteiger partial charge in [-0.1, -0.05) is 18.2 Å². The largest absolute Gasteiger partial charge is 0.306 e. The van der Waals surface area contributed by atoms with Gasteiger partial charge in [-0.05, 0) is 41.1 Å². The van der Waals surface area contributed by atoms with Crippen LogP contribution < -0.4 is 5.32 Å². The molecule has 0 aliphatic heterocycles. The average Bonchev–Trinajstić information content (AvgIpc) is 3.06. The van der Waals surface area contributed by atoms with Gasteiger partial charge in [-0.25, -0.2) is 4.98 Å². The molecule has 0 fully saturated rings. The van der Waals surface area contributed by atoms with Crippen LogP contribution in [0.15, 0.2) is 52.4 Å². The summed E-state index contributed by atoms with van der Waals surface area (Å²) in [6.07, 6.45) is 1.94. The molecular formula is C16H16BrN3S. The Morgan fingerprint density at radius 2 is 2.05 bits per heavy atom. The summed E-state index contributed by atoms with van der Waals surface area (Å²) in [5, 5.41) is 5.59. The number of rotatable bonds is 5. The van der Waals surface area contributed by atoms with Gasteiger partial charge in [-0.15, -0.1) is 11.3 Å². The van der Waals surface area contributed by atoms with Crippen LogP contribution in [-0.4, -0.2) is 9.55 Å². The molecule has 0 spiro atoms. The number of benzene rings is 1. The summed E-state index contributed by atoms with van der Waals surface area (Å²) < 4.78 is 3.34. The van der Waals surface area contributed by atoms with Crippen LogP contribution >= 0.6 is 27.3 Å². The van der Waals surface area contributed by atoms with Gasteiger partial charge in [0.05, 0.1) is 11.9 Å². The van der Waals surface area contributed by atoms with Crippen LogP contribution in [0, 0.1) is 6.92 Å². The first-order valence-corrected chi connectivity index (χ1v) is 8.43. The molecule has 0 amide bonds. The predicted octanol–water partition coefficient (Wildman–Crippen LogP) is 4.29. The lowest BCUT2D eigenvalue weighted by Crippen LogP contribution is -2.15. The first-order valence-electron chi connectivity index (χ1n) is 6.76. The van der Waals surface area contributed by atoms with Crippen molar-refractivity contribution in [3.63, 3.8) is 0 Å². The maximum Gasteiger partial charge on any atom is 0.110 e. The molecule has 5 heteroatoms. The number of aryl methyl sites for hydroxylation is 1. The van der Waals surface area contributed by atoms with Gasteiger partial charge in [0.25, 0.3) is 0 Å². The molecule has 3 aromatic rings. The number of nitrogens with zero attached hydrogens (tertiary/aromatic N) is 2. The van der Waals surface area contributed by atoms with E-state index in [9.17, 15) is 0 Å². The predicted molar refractivity (Wildman–Crippen MR) is 90.9 cm³/mol. The van der Waals surface area contributed by atoms with Gasteiger partial charge in [-0.2, -0.15) is 0 Å². The van der Waals surface area contributed by atoms with E-state index >= 15 is 0 Å². The van der Waals surface area contributed by atoms with Gasteiger partial charge >= 0.3 is 0 Å². The lowest BCUT2D eigenvalue weighted by molar-refractivity contribution is 0.673. The Hall–Kier alpha value is -1.43. The Morgan fingerprint density at radius 3 is 2.76 bits per heavy atom. The maximum absolute atomic E-state index is 4.44. The minimum Gasteiger partial charge on any atom is -0.306 e. The topological polar surface area (TPSA) is 29.9 Å². The first-order chi connectivity index (χ1) is 10.2. The van der Waals surface area contributed by atoms with Gasteiger partial charge in [-0.3, -0.25) is 4.57 Å². The highest BCUT2D eigenvalue weighted by atomic mass is 79.9.